The summed E-state index contributed by atoms with van der Waals surface area (Å²) in [5.74, 6) is -1.19. The highest BCUT2D eigenvalue weighted by atomic mass is 16.5. The molecule has 4 atom stereocenters. The third-order valence-electron chi connectivity index (χ3n) is 5.71. The van der Waals surface area contributed by atoms with Crippen LogP contribution in [-0.4, -0.2) is 41.1 Å². The molecule has 6 heteroatoms. The highest BCUT2D eigenvalue weighted by Crippen LogP contribution is 2.40. The van der Waals surface area contributed by atoms with Crippen LogP contribution in [0.2, 0.25) is 0 Å². The average Bonchev–Trinajstić information content (AvgIpc) is 2.71. The predicted molar refractivity (Wildman–Crippen MR) is 118 cm³/mol. The Hall–Kier alpha value is -2.73. The largest absolute Gasteiger partial charge is 0.461 e. The molecule has 0 aliphatic heterocycles. The predicted octanol–water partition coefficient (Wildman–Crippen LogP) is 3.77. The highest BCUT2D eigenvalue weighted by molar-refractivity contribution is 6.01. The number of hydrogen-bond acceptors (Lipinski definition) is 6. The zero-order chi connectivity index (χ0) is 23.2. The van der Waals surface area contributed by atoms with Gasteiger partial charge in [0.25, 0.3) is 0 Å². The number of aliphatic hydroxyl groups is 1. The van der Waals surface area contributed by atoms with Crippen molar-refractivity contribution in [3.8, 4) is 0 Å². The van der Waals surface area contributed by atoms with Gasteiger partial charge in [-0.3, -0.25) is 9.59 Å². The molecule has 0 saturated carbocycles. The minimum absolute atomic E-state index is 0.0999. The monoisotopic (exact) mass is 428 g/mol. The second-order valence-electron chi connectivity index (χ2n) is 8.35. The van der Waals surface area contributed by atoms with Crippen molar-refractivity contribution < 1.29 is 29.0 Å². The fraction of sp³-hybridized carbons (Fsp3) is 0.480. The number of allylic oxidation sites excluding steroid dienone is 5. The molecule has 0 radical (unpaired) electrons. The maximum absolute atomic E-state index is 12.5. The van der Waals surface area contributed by atoms with Crippen LogP contribution in [-0.2, 0) is 23.9 Å². The van der Waals surface area contributed by atoms with E-state index in [0.717, 1.165) is 17.6 Å². The molecule has 6 nitrogen and oxygen atoms in total. The van der Waals surface area contributed by atoms with Gasteiger partial charge < -0.3 is 14.6 Å². The number of rotatable bonds is 8. The first-order chi connectivity index (χ1) is 14.5. The van der Waals surface area contributed by atoms with Crippen molar-refractivity contribution in [3.05, 3.63) is 59.8 Å². The normalized spacial score (nSPS) is 26.8. The van der Waals surface area contributed by atoms with Gasteiger partial charge >= 0.3 is 11.9 Å². The van der Waals surface area contributed by atoms with E-state index in [1.165, 1.54) is 19.1 Å². The van der Waals surface area contributed by atoms with Crippen molar-refractivity contribution >= 4 is 17.7 Å². The van der Waals surface area contributed by atoms with Crippen LogP contribution in [0.4, 0.5) is 0 Å². The van der Waals surface area contributed by atoms with Gasteiger partial charge in [0.15, 0.2) is 11.4 Å². The van der Waals surface area contributed by atoms with Crippen molar-refractivity contribution in [2.45, 2.75) is 58.7 Å². The van der Waals surface area contributed by atoms with Crippen molar-refractivity contribution in [2.24, 2.45) is 11.8 Å². The first-order valence-electron chi connectivity index (χ1n) is 10.6. The molecular formula is C25H32O6. The van der Waals surface area contributed by atoms with E-state index in [1.54, 1.807) is 18.2 Å². The van der Waals surface area contributed by atoms with Gasteiger partial charge in [-0.1, -0.05) is 50.6 Å². The minimum Gasteiger partial charge on any atom is -0.461 e. The summed E-state index contributed by atoms with van der Waals surface area (Å²) in [5.41, 5.74) is 0.113. The van der Waals surface area contributed by atoms with Gasteiger partial charge in [0.1, 0.15) is 12.7 Å². The smallest absolute Gasteiger partial charge is 0.331 e. The summed E-state index contributed by atoms with van der Waals surface area (Å²) in [6.45, 7) is 10.9. The van der Waals surface area contributed by atoms with Crippen molar-refractivity contribution in [1.82, 2.24) is 0 Å². The lowest BCUT2D eigenvalue weighted by Gasteiger charge is -2.38. The van der Waals surface area contributed by atoms with E-state index in [0.29, 0.717) is 12.3 Å². The van der Waals surface area contributed by atoms with Gasteiger partial charge in [0.2, 0.25) is 0 Å². The zero-order valence-corrected chi connectivity index (χ0v) is 18.7. The van der Waals surface area contributed by atoms with Crippen LogP contribution in [0.15, 0.2) is 59.8 Å². The number of carbonyl (C=O) groups is 3. The molecule has 0 aromatic heterocycles. The first-order valence-corrected chi connectivity index (χ1v) is 10.6. The number of ketones is 1. The van der Waals surface area contributed by atoms with Gasteiger partial charge in [0, 0.05) is 13.0 Å². The van der Waals surface area contributed by atoms with Crippen LogP contribution in [0.25, 0.3) is 0 Å². The number of esters is 2. The Kier molecular flexibility index (Phi) is 8.34. The molecular weight excluding hydrogens is 396 g/mol. The molecule has 168 valence electrons. The molecule has 2 aliphatic carbocycles. The average molecular weight is 429 g/mol. The Bertz CT molecular complexity index is 859. The van der Waals surface area contributed by atoms with Crippen LogP contribution in [0.3, 0.4) is 0 Å². The number of carbonyl (C=O) groups excluding carboxylic acids is 3. The third kappa shape index (κ3) is 6.62. The first kappa shape index (κ1) is 24.5. The quantitative estimate of drug-likeness (QED) is 0.274. The summed E-state index contributed by atoms with van der Waals surface area (Å²) >= 11 is 0. The number of hydrogen-bond donors (Lipinski definition) is 1. The minimum atomic E-state index is -1.80. The van der Waals surface area contributed by atoms with Crippen molar-refractivity contribution in [2.75, 3.05) is 6.61 Å². The molecule has 0 aromatic carbocycles. The third-order valence-corrected chi connectivity index (χ3v) is 5.71. The van der Waals surface area contributed by atoms with Crippen LogP contribution in [0.1, 0.15) is 47.0 Å². The lowest BCUT2D eigenvalue weighted by Crippen LogP contribution is -2.46. The van der Waals surface area contributed by atoms with Gasteiger partial charge in [-0.05, 0) is 54.9 Å². The molecule has 0 amide bonds. The standard InChI is InChI=1S/C25H32O6/c1-6-16(2)11-17(3)7-10-24(28)31-22-9-8-20-13-23(27)25(29,14-21(20)12-22)18(4)15-30-19(5)26/h7-11,13,16,21-22,29H,4,6,12,14-15H2,1-3,5H3/b10-7+,17-11+. The number of fused-ring (bicyclic) bond motifs is 1. The van der Waals surface area contributed by atoms with Gasteiger partial charge in [-0.15, -0.1) is 0 Å². The second kappa shape index (κ2) is 10.5. The van der Waals surface area contributed by atoms with Crippen LogP contribution < -0.4 is 0 Å². The molecule has 0 aromatic rings. The molecule has 2 aliphatic rings. The van der Waals surface area contributed by atoms with Gasteiger partial charge in [-0.2, -0.15) is 0 Å². The summed E-state index contributed by atoms with van der Waals surface area (Å²) < 4.78 is 10.4. The van der Waals surface area contributed by atoms with E-state index in [4.69, 9.17) is 9.47 Å². The molecule has 0 spiro atoms. The van der Waals surface area contributed by atoms with Crippen molar-refractivity contribution in [3.63, 3.8) is 0 Å². The summed E-state index contributed by atoms with van der Waals surface area (Å²) in [6.07, 6.45) is 11.3. The molecule has 4 unspecified atom stereocenters. The molecule has 1 N–H and O–H groups in total. The zero-order valence-electron chi connectivity index (χ0n) is 18.7. The lowest BCUT2D eigenvalue weighted by atomic mass is 9.70. The lowest BCUT2D eigenvalue weighted by molar-refractivity contribution is -0.143. The molecule has 2 rings (SSSR count). The fourth-order valence-corrected chi connectivity index (χ4v) is 3.67. The van der Waals surface area contributed by atoms with Crippen molar-refractivity contribution in [1.29, 1.82) is 0 Å². The highest BCUT2D eigenvalue weighted by Gasteiger charge is 2.45. The van der Waals surface area contributed by atoms with E-state index in [1.807, 2.05) is 6.92 Å². The Balaban J connectivity index is 2.03. The summed E-state index contributed by atoms with van der Waals surface area (Å²) in [4.78, 5) is 35.8. The van der Waals surface area contributed by atoms with E-state index in [9.17, 15) is 19.5 Å². The van der Waals surface area contributed by atoms with E-state index in [2.05, 4.69) is 26.5 Å². The molecule has 0 heterocycles. The Morgan fingerprint density at radius 1 is 1.35 bits per heavy atom. The second-order valence-corrected chi connectivity index (χ2v) is 8.35. The van der Waals surface area contributed by atoms with E-state index in [-0.39, 0.29) is 24.5 Å². The maximum atomic E-state index is 12.5. The fourth-order valence-electron chi connectivity index (χ4n) is 3.67. The van der Waals surface area contributed by atoms with Gasteiger partial charge in [0.05, 0.1) is 0 Å². The Morgan fingerprint density at radius 3 is 2.71 bits per heavy atom. The van der Waals surface area contributed by atoms with Crippen LogP contribution in [0.5, 0.6) is 0 Å². The Morgan fingerprint density at radius 2 is 2.06 bits per heavy atom. The van der Waals surface area contributed by atoms with Crippen LogP contribution >= 0.6 is 0 Å². The molecule has 0 bridgehead atoms. The molecule has 0 fully saturated rings. The summed E-state index contributed by atoms with van der Waals surface area (Å²) in [6, 6.07) is 0. The van der Waals surface area contributed by atoms with E-state index >= 15 is 0 Å². The maximum Gasteiger partial charge on any atom is 0.331 e. The van der Waals surface area contributed by atoms with E-state index < -0.39 is 29.4 Å². The Labute approximate surface area is 184 Å². The molecule has 0 saturated heterocycles. The topological polar surface area (TPSA) is 89.9 Å². The molecule has 31 heavy (non-hydrogen) atoms. The summed E-state index contributed by atoms with van der Waals surface area (Å²) in [7, 11) is 0. The number of ether oxygens (including phenoxy) is 2. The summed E-state index contributed by atoms with van der Waals surface area (Å²) in [5, 5.41) is 10.9. The van der Waals surface area contributed by atoms with Gasteiger partial charge in [-0.25, -0.2) is 4.79 Å². The van der Waals surface area contributed by atoms with Crippen LogP contribution in [0, 0.1) is 11.8 Å². The SMILES string of the molecule is C=C(COC(C)=O)C1(O)CC2CC(OC(=O)/C=C/C(C)=C/C(C)CC)C=CC2=CC1=O.